The van der Waals surface area contributed by atoms with Crippen LogP contribution >= 0.6 is 0 Å². The van der Waals surface area contributed by atoms with Gasteiger partial charge in [0.1, 0.15) is 0 Å². The molecule has 22 heavy (non-hydrogen) atoms. The van der Waals surface area contributed by atoms with E-state index >= 15 is 0 Å². The molecule has 0 aromatic heterocycles. The van der Waals surface area contributed by atoms with Gasteiger partial charge in [-0.25, -0.2) is 0 Å². The van der Waals surface area contributed by atoms with E-state index in [0.29, 0.717) is 0 Å². The van der Waals surface area contributed by atoms with Crippen molar-refractivity contribution in [2.45, 2.75) is 70.5 Å². The van der Waals surface area contributed by atoms with E-state index in [0.717, 1.165) is 25.9 Å². The molecule has 0 aromatic rings. The number of methoxy groups -OCH3 is 1. The van der Waals surface area contributed by atoms with Crippen LogP contribution < -0.4 is 0 Å². The van der Waals surface area contributed by atoms with Gasteiger partial charge in [-0.2, -0.15) is 0 Å². The number of hydrogen-bond acceptors (Lipinski definition) is 5. The highest BCUT2D eigenvalue weighted by molar-refractivity contribution is 6.51. The van der Waals surface area contributed by atoms with Crippen LogP contribution in [-0.4, -0.2) is 60.4 Å². The number of ether oxygens (including phenoxy) is 1. The van der Waals surface area contributed by atoms with Crippen molar-refractivity contribution >= 4 is 7.12 Å². The Morgan fingerprint density at radius 2 is 1.91 bits per heavy atom. The van der Waals surface area contributed by atoms with Crippen molar-refractivity contribution in [1.82, 2.24) is 4.90 Å². The van der Waals surface area contributed by atoms with Gasteiger partial charge in [-0.15, -0.1) is 0 Å². The summed E-state index contributed by atoms with van der Waals surface area (Å²) < 4.78 is 17.0. The lowest BCUT2D eigenvalue weighted by atomic mass is 9.89. The lowest BCUT2D eigenvalue weighted by molar-refractivity contribution is -0.234. The second kappa shape index (κ2) is 6.25. The van der Waals surface area contributed by atoms with Crippen molar-refractivity contribution in [3.63, 3.8) is 0 Å². The average Bonchev–Trinajstić information content (AvgIpc) is 2.55. The van der Waals surface area contributed by atoms with Gasteiger partial charge < -0.3 is 19.2 Å². The third-order valence-corrected chi connectivity index (χ3v) is 5.31. The Bertz CT molecular complexity index is 406. The number of aliphatic hydroxyl groups is 1. The molecule has 2 heterocycles. The highest BCUT2D eigenvalue weighted by Crippen LogP contribution is 2.37. The van der Waals surface area contributed by atoms with Crippen LogP contribution in [0.15, 0.2) is 12.1 Å². The smallest absolute Gasteiger partial charge is 0.400 e. The molecule has 0 spiro atoms. The maximum atomic E-state index is 10.1. The molecular weight excluding hydrogens is 281 g/mol. The van der Waals surface area contributed by atoms with Gasteiger partial charge in [-0.05, 0) is 47.5 Å². The monoisotopic (exact) mass is 311 g/mol. The number of hydrogen-bond donors (Lipinski definition) is 1. The highest BCUT2D eigenvalue weighted by atomic mass is 16.7. The van der Waals surface area contributed by atoms with Gasteiger partial charge >= 0.3 is 7.12 Å². The molecule has 1 N–H and O–H groups in total. The summed E-state index contributed by atoms with van der Waals surface area (Å²) in [5.74, 6) is 0.924. The van der Waals surface area contributed by atoms with Crippen LogP contribution in [-0.2, 0) is 14.0 Å². The fourth-order valence-electron chi connectivity index (χ4n) is 2.87. The fraction of sp³-hybridized carbons (Fsp3) is 0.875. The van der Waals surface area contributed by atoms with Crippen LogP contribution in [0, 0.1) is 0 Å². The molecule has 0 radical (unpaired) electrons. The summed E-state index contributed by atoms with van der Waals surface area (Å²) in [6.45, 7) is 11.9. The van der Waals surface area contributed by atoms with Crippen LogP contribution in [0.3, 0.4) is 0 Å². The molecule has 2 rings (SSSR count). The summed E-state index contributed by atoms with van der Waals surface area (Å²) in [6, 6.07) is 0.0859. The van der Waals surface area contributed by atoms with E-state index in [2.05, 4.69) is 38.7 Å². The maximum Gasteiger partial charge on any atom is 0.486 e. The maximum absolute atomic E-state index is 10.1. The molecule has 1 unspecified atom stereocenters. The Hall–Kier alpha value is -0.395. The van der Waals surface area contributed by atoms with Gasteiger partial charge in [-0.1, -0.05) is 12.1 Å². The summed E-state index contributed by atoms with van der Waals surface area (Å²) in [5.41, 5.74) is -0.580. The average molecular weight is 311 g/mol. The first-order chi connectivity index (χ1) is 10.1. The molecule has 0 amide bonds. The first kappa shape index (κ1) is 18.0. The SMILES string of the molecule is COC(C)(O)[C@H]1CCN1CC/C=C/B1OC(C)(C)C(C)(C)O1. The summed E-state index contributed by atoms with van der Waals surface area (Å²) in [7, 11) is 1.27. The van der Waals surface area contributed by atoms with Crippen molar-refractivity contribution in [3.05, 3.63) is 12.1 Å². The first-order valence-electron chi connectivity index (χ1n) is 8.13. The van der Waals surface area contributed by atoms with E-state index in [-0.39, 0.29) is 24.4 Å². The quantitative estimate of drug-likeness (QED) is 0.600. The zero-order valence-electron chi connectivity index (χ0n) is 14.8. The number of nitrogens with zero attached hydrogens (tertiary/aromatic N) is 1. The van der Waals surface area contributed by atoms with Gasteiger partial charge in [-0.3, -0.25) is 4.90 Å². The van der Waals surface area contributed by atoms with E-state index in [1.807, 2.05) is 5.98 Å². The van der Waals surface area contributed by atoms with Crippen LogP contribution in [0.25, 0.3) is 0 Å². The summed E-state index contributed by atoms with van der Waals surface area (Å²) >= 11 is 0. The van der Waals surface area contributed by atoms with Crippen LogP contribution in [0.1, 0.15) is 47.5 Å². The summed E-state index contributed by atoms with van der Waals surface area (Å²) in [5, 5.41) is 10.1. The Balaban J connectivity index is 1.76. The predicted octanol–water partition coefficient (Wildman–Crippen LogP) is 1.99. The second-order valence-corrected chi connectivity index (χ2v) is 7.44. The van der Waals surface area contributed by atoms with E-state index in [9.17, 15) is 5.11 Å². The third-order valence-electron chi connectivity index (χ3n) is 5.31. The Kier molecular flexibility index (Phi) is 5.10. The Labute approximate surface area is 134 Å². The molecule has 0 saturated carbocycles. The van der Waals surface area contributed by atoms with E-state index in [4.69, 9.17) is 14.0 Å². The molecule has 2 saturated heterocycles. The standard InChI is InChI=1S/C16H30BNO4/c1-14(2)15(3,4)22-17(21-14)10-7-8-11-18-12-9-13(18)16(5,19)20-6/h7,10,13,19H,8-9,11-12H2,1-6H3/b10-7+/t13-,16?/m1/s1. The third kappa shape index (κ3) is 3.57. The molecule has 0 bridgehead atoms. The zero-order valence-corrected chi connectivity index (χ0v) is 14.8. The molecule has 2 aliphatic heterocycles. The molecule has 0 aliphatic carbocycles. The van der Waals surface area contributed by atoms with Crippen molar-refractivity contribution in [3.8, 4) is 0 Å². The predicted molar refractivity (Wildman–Crippen MR) is 87.4 cm³/mol. The highest BCUT2D eigenvalue weighted by Gasteiger charge is 2.50. The molecule has 5 nitrogen and oxygen atoms in total. The van der Waals surface area contributed by atoms with Gasteiger partial charge in [0.2, 0.25) is 0 Å². The zero-order chi connectivity index (χ0) is 16.6. The van der Waals surface area contributed by atoms with Crippen LogP contribution in [0.2, 0.25) is 0 Å². The minimum Gasteiger partial charge on any atom is -0.400 e. The van der Waals surface area contributed by atoms with E-state index in [1.165, 1.54) is 0 Å². The van der Waals surface area contributed by atoms with Crippen molar-refractivity contribution in [2.24, 2.45) is 0 Å². The molecule has 2 fully saturated rings. The van der Waals surface area contributed by atoms with Gasteiger partial charge in [0, 0.05) is 20.2 Å². The lowest BCUT2D eigenvalue weighted by Crippen LogP contribution is -2.60. The van der Waals surface area contributed by atoms with E-state index in [1.54, 1.807) is 14.0 Å². The molecule has 2 aliphatic rings. The largest absolute Gasteiger partial charge is 0.486 e. The lowest BCUT2D eigenvalue weighted by Gasteiger charge is -2.47. The van der Waals surface area contributed by atoms with Crippen molar-refractivity contribution in [2.75, 3.05) is 20.2 Å². The Morgan fingerprint density at radius 1 is 1.32 bits per heavy atom. The molecule has 0 aromatic carbocycles. The second-order valence-electron chi connectivity index (χ2n) is 7.44. The van der Waals surface area contributed by atoms with Crippen molar-refractivity contribution in [1.29, 1.82) is 0 Å². The molecule has 126 valence electrons. The summed E-state index contributed by atoms with van der Waals surface area (Å²) in [6.07, 6.45) is 3.97. The van der Waals surface area contributed by atoms with Crippen LogP contribution in [0.4, 0.5) is 0 Å². The molecule has 2 atom stereocenters. The number of likely N-dealkylation sites (tertiary alicyclic amines) is 1. The fourth-order valence-corrected chi connectivity index (χ4v) is 2.87. The van der Waals surface area contributed by atoms with Gasteiger partial charge in [0.15, 0.2) is 5.79 Å². The van der Waals surface area contributed by atoms with Gasteiger partial charge in [0.25, 0.3) is 0 Å². The molecular formula is C16H30BNO4. The normalized spacial score (nSPS) is 30.5. The number of rotatable bonds is 6. The topological polar surface area (TPSA) is 51.2 Å². The van der Waals surface area contributed by atoms with Crippen molar-refractivity contribution < 1.29 is 19.2 Å². The minimum absolute atomic E-state index is 0.0859. The van der Waals surface area contributed by atoms with E-state index < -0.39 is 5.79 Å². The van der Waals surface area contributed by atoms with Gasteiger partial charge in [0.05, 0.1) is 17.2 Å². The Morgan fingerprint density at radius 3 is 2.36 bits per heavy atom. The van der Waals surface area contributed by atoms with Crippen LogP contribution in [0.5, 0.6) is 0 Å². The molecule has 6 heteroatoms. The minimum atomic E-state index is -1.06. The summed E-state index contributed by atoms with van der Waals surface area (Å²) in [4.78, 5) is 2.25. The first-order valence-corrected chi connectivity index (χ1v) is 8.13.